The zero-order valence-corrected chi connectivity index (χ0v) is 68.3. The van der Waals surface area contributed by atoms with Crippen molar-refractivity contribution in [2.45, 2.75) is 231 Å². The molecule has 0 radical (unpaired) electrons. The van der Waals surface area contributed by atoms with Crippen LogP contribution in [-0.2, 0) is 90.8 Å². The summed E-state index contributed by atoms with van der Waals surface area (Å²) < 4.78 is 408. The lowest BCUT2D eigenvalue weighted by molar-refractivity contribution is -0.138. The molecule has 6 aliphatic carbocycles. The van der Waals surface area contributed by atoms with Gasteiger partial charge in [-0.1, -0.05) is 36.4 Å². The molecule has 12 aromatic rings. The van der Waals surface area contributed by atoms with Gasteiger partial charge in [-0.05, 0) is 193 Å². The van der Waals surface area contributed by atoms with Gasteiger partial charge < -0.3 is 34.4 Å². The highest BCUT2D eigenvalue weighted by atomic mass is 16.2. The van der Waals surface area contributed by atoms with Crippen LogP contribution in [0.1, 0.15) is 261 Å². The molecule has 6 aliphatic rings. The number of rotatable bonds is 6. The number of nitrogen functional groups attached to an aromatic ring is 6. The quantitative estimate of drug-likeness (QED) is 0.0679. The van der Waals surface area contributed by atoms with E-state index in [1.807, 2.05) is 0 Å². The van der Waals surface area contributed by atoms with Crippen LogP contribution in [0.25, 0.3) is 65.4 Å². The summed E-state index contributed by atoms with van der Waals surface area (Å²) >= 11 is 0. The summed E-state index contributed by atoms with van der Waals surface area (Å²) in [5.41, 5.74) is 6.15. The Labute approximate surface area is 824 Å². The number of carbonyl (C=O) groups is 12. The molecule has 6 atom stereocenters. The minimum atomic E-state index is -3.87. The van der Waals surface area contributed by atoms with Crippen molar-refractivity contribution in [3.8, 4) is 0 Å². The van der Waals surface area contributed by atoms with Crippen molar-refractivity contribution >= 4 is 169 Å². The Balaban J connectivity index is 0.000000178. The number of anilines is 6. The minimum Gasteiger partial charge on any atom is -0.398 e. The molecule has 2 unspecified atom stereocenters. The number of aryl methyl sites for hydroxylation is 6. The predicted octanol–water partition coefficient (Wildman–Crippen LogP) is 7.95. The van der Waals surface area contributed by atoms with Crippen molar-refractivity contribution in [3.63, 3.8) is 0 Å². The number of ketones is 12. The summed E-state index contributed by atoms with van der Waals surface area (Å²) in [6, 6.07) is 23.8. The Hall–Kier alpha value is -15.0. The number of nitrogens with two attached hydrogens (primary N) is 6. The normalized spacial score (nSPS) is 33.4. The third-order valence-corrected chi connectivity index (χ3v) is 21.2. The van der Waals surface area contributed by atoms with Crippen molar-refractivity contribution in [2.24, 2.45) is 0 Å². The molecule has 0 spiro atoms. The van der Waals surface area contributed by atoms with Crippen LogP contribution in [0.15, 0.2) is 138 Å². The van der Waals surface area contributed by atoms with Crippen LogP contribution in [-0.4, -0.2) is 127 Å². The third kappa shape index (κ3) is 16.9. The Kier molecular flexibility index (Phi) is 13.2. The van der Waals surface area contributed by atoms with E-state index in [-0.39, 0.29) is 97.1 Å². The van der Waals surface area contributed by atoms with Gasteiger partial charge in [-0.2, -0.15) is 0 Å². The fraction of sp³-hybridized carbons (Fsp3) is 0.375. The molecule has 684 valence electrons. The van der Waals surface area contributed by atoms with E-state index in [9.17, 15) is 86.3 Å². The van der Waals surface area contributed by atoms with Crippen molar-refractivity contribution in [1.82, 2.24) is 57.3 Å². The van der Waals surface area contributed by atoms with Crippen LogP contribution < -0.4 is 67.8 Å². The topological polar surface area (TPSA) is 570 Å². The summed E-state index contributed by atoms with van der Waals surface area (Å²) in [5.74, 6) is -23.4. The number of aromatic nitrogens is 12. The second-order valence-electron chi connectivity index (χ2n) is 29.9. The van der Waals surface area contributed by atoms with Crippen LogP contribution in [0.3, 0.4) is 0 Å². The Morgan fingerprint density at radius 3 is 0.538 bits per heavy atom. The second kappa shape index (κ2) is 35.8. The van der Waals surface area contributed by atoms with Crippen molar-refractivity contribution < 1.29 is 127 Å². The zero-order chi connectivity index (χ0) is 140. The van der Waals surface area contributed by atoms with E-state index in [0.717, 1.165) is 20.8 Å². The molecule has 18 rings (SSSR count). The average molecular weight is 1850 g/mol. The lowest BCUT2D eigenvalue weighted by Gasteiger charge is -2.34. The lowest BCUT2D eigenvalue weighted by atomic mass is 9.81. The van der Waals surface area contributed by atoms with Gasteiger partial charge in [0.1, 0.15) is 103 Å². The number of fused-ring (bicyclic) bond motifs is 6. The Morgan fingerprint density at radius 1 is 0.242 bits per heavy atom. The van der Waals surface area contributed by atoms with Crippen molar-refractivity contribution in [2.75, 3.05) is 34.4 Å². The second-order valence-corrected chi connectivity index (χ2v) is 29.9. The molecule has 6 heterocycles. The van der Waals surface area contributed by atoms with Crippen LogP contribution >= 0.6 is 0 Å². The highest BCUT2D eigenvalue weighted by Crippen LogP contribution is 2.39. The molecule has 0 bridgehead atoms. The Bertz CT molecular complexity index is 8980. The van der Waals surface area contributed by atoms with Crippen LogP contribution in [0, 0.1) is 41.1 Å². The highest BCUT2D eigenvalue weighted by molar-refractivity contribution is 6.10. The summed E-state index contributed by atoms with van der Waals surface area (Å²) in [4.78, 5) is 254. The number of hydrogen-bond acceptors (Lipinski definition) is 30. The highest BCUT2D eigenvalue weighted by Gasteiger charge is 2.48. The van der Waals surface area contributed by atoms with Crippen LogP contribution in [0.5, 0.6) is 0 Å². The minimum absolute atomic E-state index is 0.0659. The van der Waals surface area contributed by atoms with E-state index in [4.69, 9.17) is 104 Å². The summed E-state index contributed by atoms with van der Waals surface area (Å²) in [7, 11) is 0. The van der Waals surface area contributed by atoms with Gasteiger partial charge in [-0.25, -0.2) is 29.9 Å². The van der Waals surface area contributed by atoms with E-state index in [1.54, 1.807) is 0 Å². The first-order valence-electron chi connectivity index (χ1n) is 63.6. The van der Waals surface area contributed by atoms with Crippen LogP contribution in [0.4, 0.5) is 34.1 Å². The molecular weight excluding hydrogens is 1690 g/mol. The number of Topliss-reactive ketones (excluding diaryl/α,β-unsaturated/α-hetero) is 12. The molecular formula is C96H102N18O18. The molecule has 6 aromatic carbocycles. The molecule has 12 N–H and O–H groups in total. The number of benzene rings is 6. The van der Waals surface area contributed by atoms with Gasteiger partial charge in [0.25, 0.3) is 33.4 Å². The van der Waals surface area contributed by atoms with Gasteiger partial charge in [0, 0.05) is 142 Å². The molecule has 6 fully saturated rings. The zero-order valence-electron chi connectivity index (χ0n) is 119. The summed E-state index contributed by atoms with van der Waals surface area (Å²) in [6.07, 6.45) is -48.7. The smallest absolute Gasteiger partial charge is 0.264 e. The van der Waals surface area contributed by atoms with Gasteiger partial charge in [0.15, 0.2) is 34.7 Å². The number of carbonyl (C=O) groups excluding carboxylic acids is 12. The first kappa shape index (κ1) is 48.6. The first-order chi connectivity index (χ1) is 82.2. The maximum atomic E-state index is 13.5. The van der Waals surface area contributed by atoms with E-state index in [2.05, 4.69) is 29.9 Å². The molecule has 132 heavy (non-hydrogen) atoms. The fourth-order valence-corrected chi connectivity index (χ4v) is 14.3. The monoisotopic (exact) mass is 1850 g/mol. The van der Waals surface area contributed by atoms with Gasteiger partial charge >= 0.3 is 0 Å². The van der Waals surface area contributed by atoms with E-state index in [0.29, 0.717) is 13.7 Å². The molecule has 0 amide bonds. The SMILES string of the molecule is [2H]C([2H])([2H])c1nc2cccc(N)c2c(=O)n1C1(C([2H])([2H])[2H])C(=O)CC(=O)C([2H])([2H])C1([2H])[2H].[2H]C([2H])([2H])c1nc2cccc(N)c2c(=O)n1C1(C)C(=O)CC(=O)C([2H])([2H])C1([2H])[2H].[2H]C([2H])([2H])c1nc2cccc(N)c2c(=O)n1[C@@]1(C([2H])([2H])[2H])C(=O)CC(=O)C([2H])([2H])C1([2H])[2H].[2H]C([2H])([2H])c1nc2cccc(N)c2c(=O)n1[C@@]1(C)C(=O)CC(=O)C([2H])([2H])C1([2H])[2H].[2H]C([2H])([2H])c1nc2cccc(N)c2c(=O)n1[C@]1(C([2H])([2H])[2H])C(=O)CC(=O)C([2H])([2H])C1([2H])[2H].[2H]C([2H])([2H])c1nc2cccc(N)c2c(=O)n1[C@]1(C)C(=O)CC(=O)C([2H])([2H])C1([2H])[2H]. The number of hydrogen-bond donors (Lipinski definition) is 6. The Morgan fingerprint density at radius 2 is 0.386 bits per heavy atom. The van der Waals surface area contributed by atoms with Crippen LogP contribution in [0.2, 0.25) is 0 Å². The lowest BCUT2D eigenvalue weighted by Crippen LogP contribution is -2.49. The summed E-state index contributed by atoms with van der Waals surface area (Å²) in [5, 5.41) is -2.14. The maximum absolute atomic E-state index is 13.5. The first-order valence-corrected chi connectivity index (χ1v) is 38.1. The largest absolute Gasteiger partial charge is 0.398 e. The molecule has 0 saturated heterocycles. The number of nitrogens with zero attached hydrogens (tertiary/aromatic N) is 12. The predicted molar refractivity (Wildman–Crippen MR) is 496 cm³/mol. The van der Waals surface area contributed by atoms with Gasteiger partial charge in [0.2, 0.25) is 0 Å². The van der Waals surface area contributed by atoms with Gasteiger partial charge in [-0.3, -0.25) is 114 Å². The maximum Gasteiger partial charge on any atom is 0.264 e. The molecule has 36 heteroatoms. The summed E-state index contributed by atoms with van der Waals surface area (Å²) in [6.45, 7) is -27.9. The molecule has 0 aliphatic heterocycles. The van der Waals surface area contributed by atoms with E-state index < -0.39 is 364 Å². The van der Waals surface area contributed by atoms with Crippen molar-refractivity contribution in [3.05, 3.63) is 206 Å². The average Bonchev–Trinajstić information content (AvgIpc) is 0.669. The van der Waals surface area contributed by atoms with Gasteiger partial charge in [0.05, 0.1) is 104 Å². The molecule has 6 aromatic heterocycles. The third-order valence-electron chi connectivity index (χ3n) is 21.2. The fourth-order valence-electron chi connectivity index (χ4n) is 14.3. The van der Waals surface area contributed by atoms with Crippen molar-refractivity contribution in [1.29, 1.82) is 0 Å². The van der Waals surface area contributed by atoms with E-state index in [1.165, 1.54) is 109 Å². The molecule has 36 nitrogen and oxygen atoms in total. The standard InChI is InChI=1S/6C16H17N3O3/c6*1-9-18-12-5-3-4-11(17)14(12)15(22)19(9)16(2)7-6-10(20)8-13(16)21/h6*3-5H,6-8,17H2,1-2H3/t4*16-;;/m1100../s1/i1D3,2D3,6D2,7D2;1D3,6D2,7D2;1D3,2D3,6D2,7D2;1D3,6D2,7D2;1D3,2D3,6D2,7D2;1D3,6D2,7D2. The molecule has 6 saturated carbocycles. The van der Waals surface area contributed by atoms with Gasteiger partial charge in [-0.15, -0.1) is 0 Å². The van der Waals surface area contributed by atoms with E-state index >= 15 is 0 Å².